The Morgan fingerprint density at radius 3 is 1.88 bits per heavy atom. The molecule has 6 heteroatoms. The molecule has 0 atom stereocenters. The van der Waals surface area contributed by atoms with Gasteiger partial charge in [0, 0.05) is 27.8 Å². The Bertz CT molecular complexity index is 1230. The van der Waals surface area contributed by atoms with Gasteiger partial charge in [0.05, 0.1) is 11.3 Å². The zero-order chi connectivity index (χ0) is 22.7. The van der Waals surface area contributed by atoms with Crippen molar-refractivity contribution in [2.75, 3.05) is 0 Å². The molecule has 4 rings (SSSR count). The molecular formula is C26H19NO4S. The number of carbonyl (C=O) groups excluding carboxylic acids is 3. The van der Waals surface area contributed by atoms with Crippen molar-refractivity contribution in [3.63, 3.8) is 0 Å². The molecule has 158 valence electrons. The maximum absolute atomic E-state index is 12.5. The Balaban J connectivity index is 1.45. The van der Waals surface area contributed by atoms with Crippen molar-refractivity contribution >= 4 is 41.1 Å². The molecule has 0 fully saturated rings. The summed E-state index contributed by atoms with van der Waals surface area (Å²) in [6, 6.07) is 22.4. The first kappa shape index (κ1) is 21.5. The summed E-state index contributed by atoms with van der Waals surface area (Å²) in [5.41, 5.74) is 3.41. The van der Waals surface area contributed by atoms with E-state index in [0.29, 0.717) is 16.8 Å². The lowest BCUT2D eigenvalue weighted by atomic mass is 10.1. The summed E-state index contributed by atoms with van der Waals surface area (Å²) in [5.74, 6) is -0.907. The fraction of sp³-hybridized carbons (Fsp3) is 0.0769. The minimum atomic E-state index is -0.457. The van der Waals surface area contributed by atoms with Gasteiger partial charge in [0.1, 0.15) is 0 Å². The Morgan fingerprint density at radius 2 is 1.34 bits per heavy atom. The van der Waals surface area contributed by atoms with Crippen LogP contribution in [0.2, 0.25) is 0 Å². The second kappa shape index (κ2) is 9.16. The van der Waals surface area contributed by atoms with E-state index in [9.17, 15) is 14.4 Å². The lowest BCUT2D eigenvalue weighted by molar-refractivity contribution is -0.140. The van der Waals surface area contributed by atoms with Crippen LogP contribution >= 0.6 is 11.8 Å². The van der Waals surface area contributed by atoms with Gasteiger partial charge in [0.25, 0.3) is 0 Å². The third-order valence-electron chi connectivity index (χ3n) is 4.92. The number of rotatable bonds is 5. The maximum atomic E-state index is 12.5. The normalized spacial score (nSPS) is 13.2. The van der Waals surface area contributed by atoms with Crippen molar-refractivity contribution in [1.82, 2.24) is 0 Å². The molecule has 1 aliphatic carbocycles. The molecule has 0 unspecified atom stereocenters. The van der Waals surface area contributed by atoms with Gasteiger partial charge in [0.15, 0.2) is 11.6 Å². The monoisotopic (exact) mass is 441 g/mol. The molecule has 0 heterocycles. The van der Waals surface area contributed by atoms with Crippen LogP contribution in [-0.2, 0) is 9.63 Å². The van der Waals surface area contributed by atoms with Crippen LogP contribution in [0.15, 0.2) is 93.3 Å². The summed E-state index contributed by atoms with van der Waals surface area (Å²) in [6.45, 7) is 3.08. The quantitative estimate of drug-likeness (QED) is 0.170. The lowest BCUT2D eigenvalue weighted by Crippen LogP contribution is -2.00. The third-order valence-corrected chi connectivity index (χ3v) is 5.93. The van der Waals surface area contributed by atoms with Crippen LogP contribution in [0.1, 0.15) is 45.7 Å². The van der Waals surface area contributed by atoms with E-state index in [2.05, 4.69) is 9.99 Å². The van der Waals surface area contributed by atoms with Crippen LogP contribution < -0.4 is 0 Å². The molecule has 3 aromatic rings. The first-order valence-corrected chi connectivity index (χ1v) is 10.7. The summed E-state index contributed by atoms with van der Waals surface area (Å²) in [5, 5.41) is 3.79. The minimum Gasteiger partial charge on any atom is -0.318 e. The van der Waals surface area contributed by atoms with E-state index in [1.807, 2.05) is 48.5 Å². The topological polar surface area (TPSA) is 72.8 Å². The average molecular weight is 442 g/mol. The number of benzene rings is 3. The predicted molar refractivity (Wildman–Crippen MR) is 124 cm³/mol. The van der Waals surface area contributed by atoms with Gasteiger partial charge >= 0.3 is 5.97 Å². The van der Waals surface area contributed by atoms with Gasteiger partial charge in [0.2, 0.25) is 0 Å². The summed E-state index contributed by atoms with van der Waals surface area (Å²) in [7, 11) is 0. The molecule has 0 aromatic heterocycles. The first-order valence-electron chi connectivity index (χ1n) is 9.93. The van der Waals surface area contributed by atoms with E-state index in [-0.39, 0.29) is 17.1 Å². The molecule has 3 aromatic carbocycles. The highest BCUT2D eigenvalue weighted by Gasteiger charge is 2.32. The zero-order valence-corrected chi connectivity index (χ0v) is 18.3. The minimum absolute atomic E-state index is 0.202. The number of nitrogens with zero attached hydrogens (tertiary/aromatic N) is 1. The Labute approximate surface area is 189 Å². The SMILES string of the molecule is CC(=O)ON=C(C)c1ccc(Sc2ccc(C=C3C(=O)c4ccccc4C3=O)cc2)cc1. The molecule has 0 spiro atoms. The van der Waals surface area contributed by atoms with Gasteiger partial charge in [-0.1, -0.05) is 65.4 Å². The molecule has 0 bridgehead atoms. The van der Waals surface area contributed by atoms with Gasteiger partial charge in [-0.15, -0.1) is 0 Å². The molecular weight excluding hydrogens is 422 g/mol. The second-order valence-corrected chi connectivity index (χ2v) is 8.36. The lowest BCUT2D eigenvalue weighted by Gasteiger charge is -2.05. The number of oxime groups is 1. The maximum Gasteiger partial charge on any atom is 0.331 e. The summed E-state index contributed by atoms with van der Waals surface area (Å²) >= 11 is 1.59. The molecule has 5 nitrogen and oxygen atoms in total. The van der Waals surface area contributed by atoms with Crippen molar-refractivity contribution in [3.05, 3.63) is 101 Å². The number of carbonyl (C=O) groups is 3. The highest BCUT2D eigenvalue weighted by molar-refractivity contribution is 7.99. The van der Waals surface area contributed by atoms with Crippen LogP contribution in [0.3, 0.4) is 0 Å². The molecule has 0 aliphatic heterocycles. The van der Waals surface area contributed by atoms with Crippen molar-refractivity contribution < 1.29 is 19.2 Å². The van der Waals surface area contributed by atoms with Crippen LogP contribution in [0.25, 0.3) is 6.08 Å². The van der Waals surface area contributed by atoms with Crippen LogP contribution in [0, 0.1) is 0 Å². The number of allylic oxidation sites excluding steroid dienone is 1. The number of fused-ring (bicyclic) bond motifs is 1. The smallest absolute Gasteiger partial charge is 0.318 e. The highest BCUT2D eigenvalue weighted by atomic mass is 32.2. The van der Waals surface area contributed by atoms with Crippen molar-refractivity contribution in [2.45, 2.75) is 23.6 Å². The van der Waals surface area contributed by atoms with Crippen molar-refractivity contribution in [3.8, 4) is 0 Å². The van der Waals surface area contributed by atoms with Crippen LogP contribution in [-0.4, -0.2) is 23.2 Å². The van der Waals surface area contributed by atoms with E-state index in [1.165, 1.54) is 6.92 Å². The fourth-order valence-electron chi connectivity index (χ4n) is 3.29. The van der Waals surface area contributed by atoms with E-state index in [4.69, 9.17) is 0 Å². The standard InChI is InChI=1S/C26H19NO4S/c1-16(27-31-17(2)28)19-9-13-21(14-10-19)32-20-11-7-18(8-12-20)15-24-25(29)22-5-3-4-6-23(22)26(24)30/h3-15H,1-2H3. The largest absolute Gasteiger partial charge is 0.331 e. The Morgan fingerprint density at radius 1 is 0.812 bits per heavy atom. The zero-order valence-electron chi connectivity index (χ0n) is 17.5. The number of hydrogen-bond acceptors (Lipinski definition) is 6. The molecule has 0 saturated carbocycles. The summed E-state index contributed by atoms with van der Waals surface area (Å²) in [4.78, 5) is 42.7. The molecule has 1 aliphatic rings. The Kier molecular flexibility index (Phi) is 6.14. The van der Waals surface area contributed by atoms with E-state index >= 15 is 0 Å². The Hall–Kier alpha value is -3.77. The van der Waals surface area contributed by atoms with Gasteiger partial charge in [-0.3, -0.25) is 9.59 Å². The van der Waals surface area contributed by atoms with E-state index < -0.39 is 5.97 Å². The molecule has 32 heavy (non-hydrogen) atoms. The van der Waals surface area contributed by atoms with Crippen molar-refractivity contribution in [1.29, 1.82) is 0 Å². The molecule has 0 saturated heterocycles. The summed E-state index contributed by atoms with van der Waals surface area (Å²) in [6.07, 6.45) is 1.65. The first-order chi connectivity index (χ1) is 15.4. The highest BCUT2D eigenvalue weighted by Crippen LogP contribution is 2.30. The van der Waals surface area contributed by atoms with Gasteiger partial charge in [-0.25, -0.2) is 4.79 Å². The number of ketones is 2. The van der Waals surface area contributed by atoms with Crippen molar-refractivity contribution in [2.24, 2.45) is 5.16 Å². The second-order valence-electron chi connectivity index (χ2n) is 7.22. The molecule has 0 N–H and O–H groups in total. The third kappa shape index (κ3) is 4.60. The van der Waals surface area contributed by atoms with E-state index in [1.54, 1.807) is 49.0 Å². The van der Waals surface area contributed by atoms with Gasteiger partial charge in [-0.05, 0) is 48.4 Å². The molecule has 0 amide bonds. The fourth-order valence-corrected chi connectivity index (χ4v) is 4.10. The van der Waals surface area contributed by atoms with Gasteiger partial charge in [-0.2, -0.15) is 0 Å². The number of Topliss-reactive ketones (excluding diaryl/α,β-unsaturated/α-hetero) is 2. The number of hydrogen-bond donors (Lipinski definition) is 0. The molecule has 0 radical (unpaired) electrons. The average Bonchev–Trinajstić information content (AvgIpc) is 3.04. The van der Waals surface area contributed by atoms with Crippen LogP contribution in [0.4, 0.5) is 0 Å². The van der Waals surface area contributed by atoms with Gasteiger partial charge < -0.3 is 4.84 Å². The predicted octanol–water partition coefficient (Wildman–Crippen LogP) is 5.59. The van der Waals surface area contributed by atoms with Crippen LogP contribution in [0.5, 0.6) is 0 Å². The van der Waals surface area contributed by atoms with E-state index in [0.717, 1.165) is 20.9 Å². The summed E-state index contributed by atoms with van der Waals surface area (Å²) < 4.78 is 0.